The molecule has 0 heterocycles. The first-order chi connectivity index (χ1) is 15.0. The van der Waals surface area contributed by atoms with E-state index in [4.69, 9.17) is 0 Å². The molecule has 154 valence electrons. The first-order valence-corrected chi connectivity index (χ1v) is 10.1. The van der Waals surface area contributed by atoms with Crippen LogP contribution in [-0.4, -0.2) is 18.0 Å². The number of fused-ring (bicyclic) bond motifs is 2. The zero-order valence-electron chi connectivity index (χ0n) is 17.5. The van der Waals surface area contributed by atoms with Crippen molar-refractivity contribution < 1.29 is 9.59 Å². The molecule has 4 aromatic rings. The van der Waals surface area contributed by atoms with Gasteiger partial charge in [0, 0.05) is 11.3 Å². The Labute approximate surface area is 180 Å². The minimum atomic E-state index is -0.470. The molecule has 0 fully saturated rings. The summed E-state index contributed by atoms with van der Waals surface area (Å²) in [6, 6.07) is 23.9. The molecule has 4 aromatic carbocycles. The minimum absolute atomic E-state index is 0.305. The molecule has 0 bridgehead atoms. The molecule has 0 aromatic heterocycles. The molecule has 0 radical (unpaired) electrons. The molecule has 2 N–H and O–H groups in total. The van der Waals surface area contributed by atoms with Crippen LogP contribution in [0.25, 0.3) is 21.5 Å². The van der Waals surface area contributed by atoms with Gasteiger partial charge in [0.2, 0.25) is 11.8 Å². The third-order valence-electron chi connectivity index (χ3n) is 5.31. The van der Waals surface area contributed by atoms with Gasteiger partial charge in [0.25, 0.3) is 0 Å². The van der Waals surface area contributed by atoms with E-state index in [0.717, 1.165) is 38.2 Å². The summed E-state index contributed by atoms with van der Waals surface area (Å²) in [7, 11) is 0. The number of nitrogens with one attached hydrogen (secondary N) is 2. The van der Waals surface area contributed by atoms with Gasteiger partial charge in [0.05, 0.1) is 6.21 Å². The Balaban J connectivity index is 1.46. The van der Waals surface area contributed by atoms with Crippen molar-refractivity contribution in [2.75, 3.05) is 5.32 Å². The molecule has 31 heavy (non-hydrogen) atoms. The van der Waals surface area contributed by atoms with E-state index in [1.807, 2.05) is 68.4 Å². The molecule has 0 aliphatic heterocycles. The lowest BCUT2D eigenvalue weighted by Crippen LogP contribution is -2.24. The number of hydrogen-bond acceptors (Lipinski definition) is 3. The van der Waals surface area contributed by atoms with E-state index in [-0.39, 0.29) is 12.3 Å². The summed E-state index contributed by atoms with van der Waals surface area (Å²) in [5.41, 5.74) is 6.29. The summed E-state index contributed by atoms with van der Waals surface area (Å²) < 4.78 is 0. The molecule has 0 unspecified atom stereocenters. The van der Waals surface area contributed by atoms with Crippen LogP contribution >= 0.6 is 0 Å². The Kier molecular flexibility index (Phi) is 5.76. The molecule has 0 atom stereocenters. The van der Waals surface area contributed by atoms with Gasteiger partial charge in [-0.3, -0.25) is 9.59 Å². The highest BCUT2D eigenvalue weighted by molar-refractivity contribution is 6.13. The standard InChI is InChI=1S/C26H23N3O2/c1-17-11-12-21(13-18(17)2)28-25(30)15-26(31)29-27-16-24-22-9-5-3-7-19(22)14-20-8-4-6-10-23(20)24/h3-14,16H,15H2,1-2H3,(H,28,30)(H,29,31). The lowest BCUT2D eigenvalue weighted by Gasteiger charge is -2.08. The van der Waals surface area contributed by atoms with Crippen LogP contribution in [0, 0.1) is 13.8 Å². The van der Waals surface area contributed by atoms with E-state index in [1.54, 1.807) is 6.21 Å². The monoisotopic (exact) mass is 409 g/mol. The number of amides is 2. The molecule has 0 spiro atoms. The van der Waals surface area contributed by atoms with Gasteiger partial charge in [-0.25, -0.2) is 5.43 Å². The van der Waals surface area contributed by atoms with Gasteiger partial charge in [0.1, 0.15) is 6.42 Å². The zero-order valence-corrected chi connectivity index (χ0v) is 17.5. The quantitative estimate of drug-likeness (QED) is 0.209. The number of nitrogens with zero attached hydrogens (tertiary/aromatic N) is 1. The third kappa shape index (κ3) is 4.61. The summed E-state index contributed by atoms with van der Waals surface area (Å²) in [4.78, 5) is 24.4. The highest BCUT2D eigenvalue weighted by Crippen LogP contribution is 2.27. The highest BCUT2D eigenvalue weighted by atomic mass is 16.2. The van der Waals surface area contributed by atoms with Gasteiger partial charge in [0.15, 0.2) is 0 Å². The van der Waals surface area contributed by atoms with Crippen molar-refractivity contribution in [1.82, 2.24) is 5.43 Å². The molecular weight excluding hydrogens is 386 g/mol. The molecule has 0 aliphatic rings. The maximum atomic E-state index is 12.2. The van der Waals surface area contributed by atoms with Crippen LogP contribution in [0.2, 0.25) is 0 Å². The van der Waals surface area contributed by atoms with Gasteiger partial charge in [-0.2, -0.15) is 5.10 Å². The number of hydrogen-bond donors (Lipinski definition) is 2. The second-order valence-electron chi connectivity index (χ2n) is 7.55. The van der Waals surface area contributed by atoms with Crippen molar-refractivity contribution in [3.05, 3.63) is 89.5 Å². The summed E-state index contributed by atoms with van der Waals surface area (Å²) in [5, 5.41) is 11.2. The summed E-state index contributed by atoms with van der Waals surface area (Å²) in [6.45, 7) is 3.98. The lowest BCUT2D eigenvalue weighted by atomic mass is 9.97. The SMILES string of the molecule is Cc1ccc(NC(=O)CC(=O)NN=Cc2c3ccccc3cc3ccccc23)cc1C. The van der Waals surface area contributed by atoms with Crippen LogP contribution in [0.15, 0.2) is 77.9 Å². The average Bonchev–Trinajstić information content (AvgIpc) is 2.75. The van der Waals surface area contributed by atoms with Crippen LogP contribution < -0.4 is 10.7 Å². The number of anilines is 1. The highest BCUT2D eigenvalue weighted by Gasteiger charge is 2.10. The molecule has 5 nitrogen and oxygen atoms in total. The fourth-order valence-electron chi connectivity index (χ4n) is 3.57. The molecule has 0 aliphatic carbocycles. The fourth-order valence-corrected chi connectivity index (χ4v) is 3.57. The summed E-state index contributed by atoms with van der Waals surface area (Å²) >= 11 is 0. The molecular formula is C26H23N3O2. The van der Waals surface area contributed by atoms with E-state index < -0.39 is 5.91 Å². The van der Waals surface area contributed by atoms with Crippen molar-refractivity contribution in [1.29, 1.82) is 0 Å². The molecule has 2 amide bonds. The Hall–Kier alpha value is -3.99. The van der Waals surface area contributed by atoms with Crippen molar-refractivity contribution in [3.63, 3.8) is 0 Å². The first kappa shape index (κ1) is 20.3. The number of carbonyl (C=O) groups is 2. The molecule has 5 heteroatoms. The molecule has 0 saturated carbocycles. The lowest BCUT2D eigenvalue weighted by molar-refractivity contribution is -0.126. The summed E-state index contributed by atoms with van der Waals surface area (Å²) in [5.74, 6) is -0.853. The maximum Gasteiger partial charge on any atom is 0.249 e. The Morgan fingerprint density at radius 2 is 1.45 bits per heavy atom. The smallest absolute Gasteiger partial charge is 0.249 e. The maximum absolute atomic E-state index is 12.2. The van der Waals surface area contributed by atoms with Crippen LogP contribution in [-0.2, 0) is 9.59 Å². The molecule has 4 rings (SSSR count). The number of hydrazone groups is 1. The van der Waals surface area contributed by atoms with E-state index in [9.17, 15) is 9.59 Å². The number of carbonyl (C=O) groups excluding carboxylic acids is 2. The van der Waals surface area contributed by atoms with Crippen LogP contribution in [0.4, 0.5) is 5.69 Å². The average molecular weight is 409 g/mol. The van der Waals surface area contributed by atoms with E-state index in [1.165, 1.54) is 0 Å². The fraction of sp³-hybridized carbons (Fsp3) is 0.115. The Bertz CT molecular complexity index is 1270. The van der Waals surface area contributed by atoms with E-state index >= 15 is 0 Å². The van der Waals surface area contributed by atoms with E-state index in [2.05, 4.69) is 34.0 Å². The topological polar surface area (TPSA) is 70.6 Å². The zero-order chi connectivity index (χ0) is 21.8. The van der Waals surface area contributed by atoms with Crippen molar-refractivity contribution >= 4 is 45.3 Å². The second kappa shape index (κ2) is 8.79. The Morgan fingerprint density at radius 3 is 2.10 bits per heavy atom. The van der Waals surface area contributed by atoms with Crippen molar-refractivity contribution in [2.24, 2.45) is 5.10 Å². The first-order valence-electron chi connectivity index (χ1n) is 10.1. The predicted octanol–water partition coefficient (Wildman–Crippen LogP) is 5.09. The van der Waals surface area contributed by atoms with Crippen LogP contribution in [0.1, 0.15) is 23.1 Å². The van der Waals surface area contributed by atoms with Crippen molar-refractivity contribution in [2.45, 2.75) is 20.3 Å². The number of aryl methyl sites for hydroxylation is 2. The van der Waals surface area contributed by atoms with Crippen molar-refractivity contribution in [3.8, 4) is 0 Å². The van der Waals surface area contributed by atoms with E-state index in [0.29, 0.717) is 5.69 Å². The van der Waals surface area contributed by atoms with Gasteiger partial charge in [-0.15, -0.1) is 0 Å². The normalized spacial score (nSPS) is 11.2. The Morgan fingerprint density at radius 1 is 0.806 bits per heavy atom. The predicted molar refractivity (Wildman–Crippen MR) is 126 cm³/mol. The van der Waals surface area contributed by atoms with Crippen LogP contribution in [0.3, 0.4) is 0 Å². The minimum Gasteiger partial charge on any atom is -0.326 e. The third-order valence-corrected chi connectivity index (χ3v) is 5.31. The number of rotatable bonds is 5. The van der Waals surface area contributed by atoms with Gasteiger partial charge in [-0.1, -0.05) is 54.6 Å². The molecule has 0 saturated heterocycles. The largest absolute Gasteiger partial charge is 0.326 e. The summed E-state index contributed by atoms with van der Waals surface area (Å²) in [6.07, 6.45) is 1.34. The van der Waals surface area contributed by atoms with Gasteiger partial charge < -0.3 is 5.32 Å². The van der Waals surface area contributed by atoms with Gasteiger partial charge in [-0.05, 0) is 64.7 Å². The second-order valence-corrected chi connectivity index (χ2v) is 7.55. The van der Waals surface area contributed by atoms with Crippen LogP contribution in [0.5, 0.6) is 0 Å². The number of benzene rings is 4. The van der Waals surface area contributed by atoms with Gasteiger partial charge >= 0.3 is 0 Å².